The Kier molecular flexibility index (Phi) is 3.21. The third-order valence-electron chi connectivity index (χ3n) is 3.26. The average molecular weight is 246 g/mol. The first-order valence-corrected chi connectivity index (χ1v) is 5.67. The fourth-order valence-corrected chi connectivity index (χ4v) is 2.21. The van der Waals surface area contributed by atoms with Crippen molar-refractivity contribution in [1.29, 1.82) is 0 Å². The number of nitrogens with one attached hydrogen (secondary N) is 2. The number of hydrogen-bond donors (Lipinski definition) is 3. The Hall–Kier alpha value is -2.06. The molecule has 1 aromatic heterocycles. The molecule has 0 fully saturated rings. The zero-order valence-corrected chi connectivity index (χ0v) is 9.77. The molecule has 2 rings (SSSR count). The van der Waals surface area contributed by atoms with Gasteiger partial charge < -0.3 is 10.1 Å². The van der Waals surface area contributed by atoms with E-state index in [0.29, 0.717) is 18.4 Å². The van der Waals surface area contributed by atoms with E-state index >= 15 is 0 Å². The van der Waals surface area contributed by atoms with Crippen molar-refractivity contribution < 1.29 is 5.11 Å². The Balaban J connectivity index is 2.14. The summed E-state index contributed by atoms with van der Waals surface area (Å²) in [5, 5.41) is 9.28. The highest BCUT2D eigenvalue weighted by Crippen LogP contribution is 2.35. The number of aliphatic hydroxyl groups is 1. The SMILES string of the molecule is C#CC1(CO)C=C[C@H](Cc2c[nH]c(=O)[nH]c2=O)C1. The molecule has 0 saturated carbocycles. The molecule has 5 nitrogen and oxygen atoms in total. The number of aromatic nitrogens is 2. The lowest BCUT2D eigenvalue weighted by Crippen LogP contribution is -2.26. The van der Waals surface area contributed by atoms with Crippen LogP contribution in [0.15, 0.2) is 27.9 Å². The van der Waals surface area contributed by atoms with E-state index < -0.39 is 11.1 Å². The van der Waals surface area contributed by atoms with Crippen LogP contribution in [0.5, 0.6) is 0 Å². The maximum Gasteiger partial charge on any atom is 0.325 e. The number of allylic oxidation sites excluding steroid dienone is 1. The molecule has 2 atom stereocenters. The number of hydrogen-bond acceptors (Lipinski definition) is 3. The molecule has 0 amide bonds. The van der Waals surface area contributed by atoms with Gasteiger partial charge in [-0.2, -0.15) is 0 Å². The minimum atomic E-state index is -0.611. The van der Waals surface area contributed by atoms with Gasteiger partial charge in [-0.1, -0.05) is 18.1 Å². The molecule has 1 aliphatic rings. The Morgan fingerprint density at radius 3 is 2.89 bits per heavy atom. The van der Waals surface area contributed by atoms with E-state index in [4.69, 9.17) is 6.42 Å². The van der Waals surface area contributed by atoms with E-state index in [2.05, 4.69) is 15.9 Å². The van der Waals surface area contributed by atoms with Gasteiger partial charge in [-0.3, -0.25) is 9.78 Å². The predicted molar refractivity (Wildman–Crippen MR) is 67.0 cm³/mol. The van der Waals surface area contributed by atoms with Crippen LogP contribution in [-0.2, 0) is 6.42 Å². The lowest BCUT2D eigenvalue weighted by atomic mass is 9.86. The highest BCUT2D eigenvalue weighted by Gasteiger charge is 2.32. The highest BCUT2D eigenvalue weighted by atomic mass is 16.3. The molecule has 1 aliphatic carbocycles. The second-order valence-electron chi connectivity index (χ2n) is 4.58. The van der Waals surface area contributed by atoms with Crippen LogP contribution in [0, 0.1) is 23.7 Å². The average Bonchev–Trinajstić information content (AvgIpc) is 2.77. The zero-order chi connectivity index (χ0) is 13.2. The molecule has 94 valence electrons. The lowest BCUT2D eigenvalue weighted by Gasteiger charge is -2.19. The maximum absolute atomic E-state index is 11.5. The summed E-state index contributed by atoms with van der Waals surface area (Å²) >= 11 is 0. The summed E-state index contributed by atoms with van der Waals surface area (Å²) in [6.07, 6.45) is 11.7. The standard InChI is InChI=1S/C13H14N2O3/c1-2-13(8-16)4-3-9(6-13)5-10-7-14-12(18)15-11(10)17/h1,3-4,7,9,16H,5-6,8H2,(H2,14,15,17,18)/t9-,13?/m1/s1. The molecule has 3 N–H and O–H groups in total. The second kappa shape index (κ2) is 4.67. The summed E-state index contributed by atoms with van der Waals surface area (Å²) in [6, 6.07) is 0. The quantitative estimate of drug-likeness (QED) is 0.509. The fourth-order valence-electron chi connectivity index (χ4n) is 2.21. The highest BCUT2D eigenvalue weighted by molar-refractivity contribution is 5.24. The molecule has 0 aromatic carbocycles. The molecule has 1 unspecified atom stereocenters. The second-order valence-corrected chi connectivity index (χ2v) is 4.58. The smallest absolute Gasteiger partial charge is 0.325 e. The number of terminal acetylenes is 1. The van der Waals surface area contributed by atoms with Gasteiger partial charge in [-0.25, -0.2) is 4.79 Å². The van der Waals surface area contributed by atoms with Crippen molar-refractivity contribution in [3.05, 3.63) is 44.8 Å². The van der Waals surface area contributed by atoms with Gasteiger partial charge in [0.15, 0.2) is 0 Å². The van der Waals surface area contributed by atoms with E-state index in [1.54, 1.807) is 0 Å². The number of rotatable bonds is 3. The molecule has 0 radical (unpaired) electrons. The Morgan fingerprint density at radius 2 is 2.33 bits per heavy atom. The summed E-state index contributed by atoms with van der Waals surface area (Å²) < 4.78 is 0. The lowest BCUT2D eigenvalue weighted by molar-refractivity contribution is 0.203. The predicted octanol–water partition coefficient (Wildman–Crippen LogP) is -0.206. The third kappa shape index (κ3) is 2.29. The molecule has 18 heavy (non-hydrogen) atoms. The van der Waals surface area contributed by atoms with Crippen LogP contribution >= 0.6 is 0 Å². The normalized spacial score (nSPS) is 26.1. The van der Waals surface area contributed by atoms with Gasteiger partial charge in [0.2, 0.25) is 0 Å². The van der Waals surface area contributed by atoms with E-state index in [1.165, 1.54) is 6.20 Å². The van der Waals surface area contributed by atoms with Gasteiger partial charge in [-0.15, -0.1) is 6.42 Å². The summed E-state index contributed by atoms with van der Waals surface area (Å²) in [7, 11) is 0. The van der Waals surface area contributed by atoms with E-state index in [1.807, 2.05) is 12.2 Å². The van der Waals surface area contributed by atoms with Crippen LogP contribution in [0.4, 0.5) is 0 Å². The van der Waals surface area contributed by atoms with Crippen molar-refractivity contribution in [2.24, 2.45) is 11.3 Å². The molecular formula is C13H14N2O3. The fraction of sp³-hybridized carbons (Fsp3) is 0.385. The van der Waals surface area contributed by atoms with Crippen molar-refractivity contribution >= 4 is 0 Å². The van der Waals surface area contributed by atoms with Crippen LogP contribution in [0.25, 0.3) is 0 Å². The van der Waals surface area contributed by atoms with Crippen molar-refractivity contribution in [3.63, 3.8) is 0 Å². The van der Waals surface area contributed by atoms with Gasteiger partial charge in [0, 0.05) is 11.8 Å². The number of aromatic amines is 2. The van der Waals surface area contributed by atoms with Crippen molar-refractivity contribution in [2.75, 3.05) is 6.61 Å². The Bertz CT molecular complexity index is 620. The van der Waals surface area contributed by atoms with E-state index in [9.17, 15) is 14.7 Å². The van der Waals surface area contributed by atoms with Crippen molar-refractivity contribution in [3.8, 4) is 12.3 Å². The Labute approximate surface area is 104 Å². The van der Waals surface area contributed by atoms with Gasteiger partial charge in [-0.05, 0) is 18.8 Å². The molecule has 5 heteroatoms. The van der Waals surface area contributed by atoms with Crippen LogP contribution in [0.2, 0.25) is 0 Å². The van der Waals surface area contributed by atoms with Gasteiger partial charge >= 0.3 is 5.69 Å². The van der Waals surface area contributed by atoms with Crippen molar-refractivity contribution in [1.82, 2.24) is 9.97 Å². The van der Waals surface area contributed by atoms with E-state index in [-0.39, 0.29) is 18.1 Å². The molecular weight excluding hydrogens is 232 g/mol. The first-order valence-electron chi connectivity index (χ1n) is 5.67. The minimum absolute atomic E-state index is 0.0974. The summed E-state index contributed by atoms with van der Waals surface area (Å²) in [5.74, 6) is 2.68. The van der Waals surface area contributed by atoms with Crippen LogP contribution < -0.4 is 11.2 Å². The number of aliphatic hydroxyl groups excluding tert-OH is 1. The molecule has 1 heterocycles. The monoisotopic (exact) mass is 246 g/mol. The molecule has 1 aromatic rings. The van der Waals surface area contributed by atoms with Crippen LogP contribution in [-0.4, -0.2) is 21.7 Å². The maximum atomic E-state index is 11.5. The van der Waals surface area contributed by atoms with Crippen LogP contribution in [0.3, 0.4) is 0 Å². The first kappa shape index (κ1) is 12.4. The topological polar surface area (TPSA) is 85.9 Å². The summed E-state index contributed by atoms with van der Waals surface area (Å²) in [6.45, 7) is -0.0987. The molecule has 0 saturated heterocycles. The van der Waals surface area contributed by atoms with Crippen molar-refractivity contribution in [2.45, 2.75) is 12.8 Å². The zero-order valence-electron chi connectivity index (χ0n) is 9.77. The summed E-state index contributed by atoms with van der Waals surface area (Å²) in [5.41, 5.74) is -0.997. The van der Waals surface area contributed by atoms with Gasteiger partial charge in [0.05, 0.1) is 12.0 Å². The summed E-state index contributed by atoms with van der Waals surface area (Å²) in [4.78, 5) is 27.0. The third-order valence-corrected chi connectivity index (χ3v) is 3.26. The van der Waals surface area contributed by atoms with Gasteiger partial charge in [0.1, 0.15) is 0 Å². The van der Waals surface area contributed by atoms with Gasteiger partial charge in [0.25, 0.3) is 5.56 Å². The first-order chi connectivity index (χ1) is 8.58. The Morgan fingerprint density at radius 1 is 1.56 bits per heavy atom. The molecule has 0 aliphatic heterocycles. The largest absolute Gasteiger partial charge is 0.394 e. The van der Waals surface area contributed by atoms with E-state index in [0.717, 1.165) is 0 Å². The van der Waals surface area contributed by atoms with Crippen LogP contribution in [0.1, 0.15) is 12.0 Å². The molecule has 0 bridgehead atoms. The number of H-pyrrole nitrogens is 2. The molecule has 0 spiro atoms. The minimum Gasteiger partial charge on any atom is -0.394 e.